The van der Waals surface area contributed by atoms with Crippen LogP contribution in [0.25, 0.3) is 0 Å². The molecule has 22 heavy (non-hydrogen) atoms. The number of ether oxygens (including phenoxy) is 1. The molecule has 2 rings (SSSR count). The van der Waals surface area contributed by atoms with Gasteiger partial charge in [-0.3, -0.25) is 4.79 Å². The Balaban J connectivity index is 0.00000242. The van der Waals surface area contributed by atoms with E-state index in [1.807, 2.05) is 0 Å². The quantitative estimate of drug-likeness (QED) is 0.871. The Morgan fingerprint density at radius 2 is 2.32 bits per heavy atom. The second kappa shape index (κ2) is 8.96. The average Bonchev–Trinajstić information content (AvgIpc) is 2.49. The first-order valence-electron chi connectivity index (χ1n) is 7.44. The van der Waals surface area contributed by atoms with E-state index in [1.165, 1.54) is 38.2 Å². The van der Waals surface area contributed by atoms with Crippen LogP contribution in [-0.2, 0) is 4.79 Å². The second-order valence-electron chi connectivity index (χ2n) is 5.68. The molecule has 4 nitrogen and oxygen atoms in total. The number of hydrogen-bond donors (Lipinski definition) is 2. The van der Waals surface area contributed by atoms with Crippen LogP contribution in [0.15, 0.2) is 18.2 Å². The van der Waals surface area contributed by atoms with E-state index in [4.69, 9.17) is 4.74 Å². The lowest BCUT2D eigenvalue weighted by atomic mass is 9.85. The molecule has 6 heteroatoms. The van der Waals surface area contributed by atoms with E-state index in [0.29, 0.717) is 29.7 Å². The molecule has 1 fully saturated rings. The Morgan fingerprint density at radius 3 is 2.95 bits per heavy atom. The number of halogens is 2. The third-order valence-electron chi connectivity index (χ3n) is 4.08. The van der Waals surface area contributed by atoms with E-state index < -0.39 is 0 Å². The van der Waals surface area contributed by atoms with Crippen molar-refractivity contribution in [3.8, 4) is 5.75 Å². The predicted octanol–water partition coefficient (Wildman–Crippen LogP) is 3.22. The van der Waals surface area contributed by atoms with Gasteiger partial charge in [0.2, 0.25) is 5.91 Å². The zero-order chi connectivity index (χ0) is 15.2. The van der Waals surface area contributed by atoms with Crippen LogP contribution >= 0.6 is 12.4 Å². The third-order valence-corrected chi connectivity index (χ3v) is 4.08. The van der Waals surface area contributed by atoms with Gasteiger partial charge in [0.25, 0.3) is 0 Å². The summed E-state index contributed by atoms with van der Waals surface area (Å²) in [6.45, 7) is 4.16. The highest BCUT2D eigenvalue weighted by Crippen LogP contribution is 2.27. The van der Waals surface area contributed by atoms with Gasteiger partial charge in [0.15, 0.2) is 0 Å². The van der Waals surface area contributed by atoms with Crippen LogP contribution in [0.2, 0.25) is 0 Å². The average molecular weight is 331 g/mol. The standard InChI is InChI=1S/C16H23FN2O2.ClH/c1-11(12-4-3-7-18-10-12)8-16(20)19-14-6-5-13(17)9-15(14)21-2;/h5-6,9,11-12,18H,3-4,7-8,10H2,1-2H3,(H,19,20);1H. The molecule has 2 atom stereocenters. The van der Waals surface area contributed by atoms with Crippen LogP contribution < -0.4 is 15.4 Å². The molecule has 0 radical (unpaired) electrons. The summed E-state index contributed by atoms with van der Waals surface area (Å²) in [6.07, 6.45) is 2.80. The van der Waals surface area contributed by atoms with Crippen molar-refractivity contribution in [2.24, 2.45) is 11.8 Å². The minimum Gasteiger partial charge on any atom is -0.494 e. The van der Waals surface area contributed by atoms with Gasteiger partial charge in [-0.2, -0.15) is 0 Å². The zero-order valence-electron chi connectivity index (χ0n) is 13.0. The molecule has 0 spiro atoms. The van der Waals surface area contributed by atoms with E-state index >= 15 is 0 Å². The van der Waals surface area contributed by atoms with Crippen LogP contribution in [0.3, 0.4) is 0 Å². The summed E-state index contributed by atoms with van der Waals surface area (Å²) in [7, 11) is 1.46. The number of hydrogen-bond acceptors (Lipinski definition) is 3. The Hall–Kier alpha value is -1.33. The van der Waals surface area contributed by atoms with Gasteiger partial charge < -0.3 is 15.4 Å². The van der Waals surface area contributed by atoms with E-state index in [1.54, 1.807) is 0 Å². The van der Waals surface area contributed by atoms with Gasteiger partial charge in [-0.1, -0.05) is 6.92 Å². The maximum Gasteiger partial charge on any atom is 0.224 e. The highest BCUT2D eigenvalue weighted by molar-refractivity contribution is 5.92. The number of piperidine rings is 1. The molecule has 1 amide bonds. The number of methoxy groups -OCH3 is 1. The summed E-state index contributed by atoms with van der Waals surface area (Å²) in [6, 6.07) is 4.11. The molecule has 1 aromatic rings. The number of carbonyl (C=O) groups is 1. The highest BCUT2D eigenvalue weighted by atomic mass is 35.5. The number of carbonyl (C=O) groups excluding carboxylic acids is 1. The fraction of sp³-hybridized carbons (Fsp3) is 0.562. The fourth-order valence-electron chi connectivity index (χ4n) is 2.79. The summed E-state index contributed by atoms with van der Waals surface area (Å²) in [5.74, 6) is 0.767. The van der Waals surface area contributed by atoms with Gasteiger partial charge in [-0.15, -0.1) is 12.4 Å². The predicted molar refractivity (Wildman–Crippen MR) is 88.2 cm³/mol. The molecular weight excluding hydrogens is 307 g/mol. The minimum absolute atomic E-state index is 0. The van der Waals surface area contributed by atoms with E-state index in [9.17, 15) is 9.18 Å². The molecule has 2 N–H and O–H groups in total. The number of amides is 1. The molecule has 1 aliphatic rings. The molecule has 0 bridgehead atoms. The van der Waals surface area contributed by atoms with Gasteiger partial charge in [0, 0.05) is 12.5 Å². The van der Waals surface area contributed by atoms with Crippen LogP contribution in [-0.4, -0.2) is 26.1 Å². The lowest BCUT2D eigenvalue weighted by Gasteiger charge is -2.28. The Kier molecular flexibility index (Phi) is 7.62. The molecule has 1 heterocycles. The topological polar surface area (TPSA) is 50.4 Å². The van der Waals surface area contributed by atoms with Crippen molar-refractivity contribution in [1.82, 2.24) is 5.32 Å². The van der Waals surface area contributed by atoms with E-state index in [0.717, 1.165) is 13.1 Å². The van der Waals surface area contributed by atoms with Crippen LogP contribution in [0.5, 0.6) is 5.75 Å². The Morgan fingerprint density at radius 1 is 1.55 bits per heavy atom. The van der Waals surface area contributed by atoms with Crippen LogP contribution in [0.4, 0.5) is 10.1 Å². The number of anilines is 1. The van der Waals surface area contributed by atoms with Gasteiger partial charge in [-0.05, 0) is 49.9 Å². The molecule has 1 aromatic carbocycles. The van der Waals surface area contributed by atoms with Crippen molar-refractivity contribution >= 4 is 24.0 Å². The molecule has 0 aliphatic carbocycles. The van der Waals surface area contributed by atoms with E-state index in [2.05, 4.69) is 17.6 Å². The number of nitrogens with one attached hydrogen (secondary N) is 2. The molecule has 1 saturated heterocycles. The van der Waals surface area contributed by atoms with Crippen molar-refractivity contribution in [2.45, 2.75) is 26.2 Å². The smallest absolute Gasteiger partial charge is 0.224 e. The minimum atomic E-state index is -0.383. The molecule has 1 aliphatic heterocycles. The largest absolute Gasteiger partial charge is 0.494 e. The van der Waals surface area contributed by atoms with Gasteiger partial charge >= 0.3 is 0 Å². The first-order chi connectivity index (χ1) is 10.1. The molecular formula is C16H24ClFN2O2. The fourth-order valence-corrected chi connectivity index (χ4v) is 2.79. The Labute approximate surface area is 137 Å². The lowest BCUT2D eigenvalue weighted by molar-refractivity contribution is -0.117. The molecule has 0 saturated carbocycles. The molecule has 0 aromatic heterocycles. The number of rotatable bonds is 5. The summed E-state index contributed by atoms with van der Waals surface area (Å²) in [5, 5.41) is 6.18. The monoisotopic (exact) mass is 330 g/mol. The lowest BCUT2D eigenvalue weighted by Crippen LogP contribution is -2.34. The maximum atomic E-state index is 13.1. The van der Waals surface area contributed by atoms with Crippen LogP contribution in [0.1, 0.15) is 26.2 Å². The van der Waals surface area contributed by atoms with Gasteiger partial charge in [-0.25, -0.2) is 4.39 Å². The highest BCUT2D eigenvalue weighted by Gasteiger charge is 2.22. The SMILES string of the molecule is COc1cc(F)ccc1NC(=O)CC(C)C1CCCNC1.Cl. The van der Waals surface area contributed by atoms with Crippen molar-refractivity contribution in [3.05, 3.63) is 24.0 Å². The third kappa shape index (κ3) is 5.14. The maximum absolute atomic E-state index is 13.1. The van der Waals surface area contributed by atoms with Crippen molar-refractivity contribution < 1.29 is 13.9 Å². The summed E-state index contributed by atoms with van der Waals surface area (Å²) in [4.78, 5) is 12.1. The summed E-state index contributed by atoms with van der Waals surface area (Å²) >= 11 is 0. The first-order valence-corrected chi connectivity index (χ1v) is 7.44. The van der Waals surface area contributed by atoms with Crippen molar-refractivity contribution in [3.63, 3.8) is 0 Å². The number of benzene rings is 1. The van der Waals surface area contributed by atoms with Gasteiger partial charge in [0.1, 0.15) is 11.6 Å². The normalized spacial score (nSPS) is 19.0. The van der Waals surface area contributed by atoms with E-state index in [-0.39, 0.29) is 24.1 Å². The van der Waals surface area contributed by atoms with Crippen molar-refractivity contribution in [1.29, 1.82) is 0 Å². The molecule has 124 valence electrons. The Bertz CT molecular complexity index is 493. The van der Waals surface area contributed by atoms with Gasteiger partial charge in [0.05, 0.1) is 12.8 Å². The summed E-state index contributed by atoms with van der Waals surface area (Å²) in [5.41, 5.74) is 0.512. The van der Waals surface area contributed by atoms with Crippen LogP contribution in [0, 0.1) is 17.7 Å². The molecule has 2 unspecified atom stereocenters. The second-order valence-corrected chi connectivity index (χ2v) is 5.68. The first kappa shape index (κ1) is 18.7. The zero-order valence-corrected chi connectivity index (χ0v) is 13.8. The van der Waals surface area contributed by atoms with Crippen molar-refractivity contribution in [2.75, 3.05) is 25.5 Å². The summed E-state index contributed by atoms with van der Waals surface area (Å²) < 4.78 is 18.2.